The summed E-state index contributed by atoms with van der Waals surface area (Å²) in [7, 11) is 1.55. The third kappa shape index (κ3) is 33.3. The highest BCUT2D eigenvalue weighted by Gasteiger charge is 2.27. The minimum atomic E-state index is -4.33. The molecule has 0 spiro atoms. The van der Waals surface area contributed by atoms with Crippen LogP contribution in [0.25, 0.3) is 0 Å². The molecule has 47 heavy (non-hydrogen) atoms. The van der Waals surface area contributed by atoms with Gasteiger partial charge in [0, 0.05) is 6.42 Å². The number of carbonyl (C=O) groups excluding carboxylic acids is 1. The molecule has 278 valence electrons. The molecule has 0 aromatic carbocycles. The van der Waals surface area contributed by atoms with E-state index >= 15 is 0 Å². The molecule has 1 unspecified atom stereocenters. The number of allylic oxidation sites excluding steroid dienone is 3. The fourth-order valence-corrected chi connectivity index (χ4v) is 6.03. The molecule has 0 rings (SSSR count). The fourth-order valence-electron chi connectivity index (χ4n) is 5.29. The lowest BCUT2D eigenvalue weighted by atomic mass is 10.1. The minimum absolute atomic E-state index is 0.0577. The molecule has 0 fully saturated rings. The number of phosphoric acid groups is 1. The number of likely N-dealkylation sites (N-methyl/N-ethyl adjacent to an activating group) is 1. The molecule has 0 saturated carbocycles. The Morgan fingerprint density at radius 3 is 1.70 bits per heavy atom. The van der Waals surface area contributed by atoms with Gasteiger partial charge >= 0.3 is 7.82 Å². The van der Waals surface area contributed by atoms with Gasteiger partial charge in [0.1, 0.15) is 13.2 Å². The van der Waals surface area contributed by atoms with Crippen LogP contribution >= 0.6 is 7.82 Å². The highest BCUT2D eigenvalue weighted by molar-refractivity contribution is 7.47. The van der Waals surface area contributed by atoms with E-state index in [4.69, 9.17) is 9.05 Å². The number of hydrogen-bond acceptors (Lipinski definition) is 5. The first-order chi connectivity index (χ1) is 22.5. The summed E-state index contributed by atoms with van der Waals surface area (Å²) >= 11 is 0. The fraction of sp³-hybridized carbons (Fsp3) is 0.868. The number of phosphoric ester groups is 1. The number of carbonyl (C=O) groups is 1. The first-order valence-electron chi connectivity index (χ1n) is 19.2. The first kappa shape index (κ1) is 46.0. The van der Waals surface area contributed by atoms with Gasteiger partial charge in [-0.15, -0.1) is 0 Å². The number of rotatable bonds is 34. The maximum Gasteiger partial charge on any atom is 0.472 e. The number of quaternary nitrogens is 1. The lowest BCUT2D eigenvalue weighted by molar-refractivity contribution is -0.870. The van der Waals surface area contributed by atoms with Crippen LogP contribution in [-0.4, -0.2) is 73.4 Å². The van der Waals surface area contributed by atoms with E-state index in [1.54, 1.807) is 6.08 Å². The van der Waals surface area contributed by atoms with Gasteiger partial charge in [0.15, 0.2) is 0 Å². The van der Waals surface area contributed by atoms with Crippen molar-refractivity contribution in [1.82, 2.24) is 5.32 Å². The quantitative estimate of drug-likeness (QED) is 0.0269. The van der Waals surface area contributed by atoms with E-state index in [1.165, 1.54) is 103 Å². The molecule has 0 saturated heterocycles. The number of hydrogen-bond donors (Lipinski definition) is 3. The molecule has 0 heterocycles. The smallest absolute Gasteiger partial charge is 0.387 e. The van der Waals surface area contributed by atoms with Crippen LogP contribution in [0.4, 0.5) is 0 Å². The summed E-state index contributed by atoms with van der Waals surface area (Å²) in [6.07, 6.45) is 33.9. The van der Waals surface area contributed by atoms with Crippen molar-refractivity contribution in [2.24, 2.45) is 0 Å². The molecule has 0 aliphatic carbocycles. The van der Waals surface area contributed by atoms with Gasteiger partial charge in [0.2, 0.25) is 5.91 Å². The SMILES string of the molecule is CCCCCCCCCCC/C=C/CC/C=C/[C@@H](O)[C@H](COP(=O)(O)OCC[N+](C)(C)C)NC(=O)CCCCCCCCCCCC. The number of nitrogens with zero attached hydrogens (tertiary/aromatic N) is 1. The average Bonchev–Trinajstić information content (AvgIpc) is 3.01. The Morgan fingerprint density at radius 2 is 1.17 bits per heavy atom. The zero-order valence-electron chi connectivity index (χ0n) is 31.3. The van der Waals surface area contributed by atoms with Gasteiger partial charge in [-0.3, -0.25) is 13.8 Å². The molecule has 0 aliphatic rings. The second-order valence-corrected chi connectivity index (χ2v) is 15.8. The summed E-state index contributed by atoms with van der Waals surface area (Å²) in [5.74, 6) is -0.191. The maximum absolute atomic E-state index is 12.7. The van der Waals surface area contributed by atoms with E-state index in [2.05, 4.69) is 31.3 Å². The Morgan fingerprint density at radius 1 is 0.702 bits per heavy atom. The molecular weight excluding hydrogens is 611 g/mol. The van der Waals surface area contributed by atoms with Crippen LogP contribution in [0, 0.1) is 0 Å². The summed E-state index contributed by atoms with van der Waals surface area (Å²) in [6.45, 7) is 4.75. The van der Waals surface area contributed by atoms with Crippen LogP contribution in [0.5, 0.6) is 0 Å². The van der Waals surface area contributed by atoms with Gasteiger partial charge in [0.25, 0.3) is 0 Å². The van der Waals surface area contributed by atoms with Crippen LogP contribution in [0.15, 0.2) is 24.3 Å². The van der Waals surface area contributed by atoms with E-state index in [1.807, 2.05) is 27.2 Å². The highest BCUT2D eigenvalue weighted by atomic mass is 31.2. The Bertz CT molecular complexity index is 829. The molecule has 0 aromatic heterocycles. The molecule has 3 N–H and O–H groups in total. The molecule has 0 bridgehead atoms. The third-order valence-corrected chi connectivity index (χ3v) is 9.41. The van der Waals surface area contributed by atoms with Gasteiger partial charge in [0.05, 0.1) is 39.9 Å². The van der Waals surface area contributed by atoms with E-state index < -0.39 is 20.0 Å². The van der Waals surface area contributed by atoms with Crippen LogP contribution < -0.4 is 5.32 Å². The van der Waals surface area contributed by atoms with E-state index in [9.17, 15) is 19.4 Å². The van der Waals surface area contributed by atoms with Gasteiger partial charge in [-0.05, 0) is 32.1 Å². The highest BCUT2D eigenvalue weighted by Crippen LogP contribution is 2.43. The summed E-state index contributed by atoms with van der Waals surface area (Å²) in [4.78, 5) is 22.9. The van der Waals surface area contributed by atoms with Crippen LogP contribution in [0.1, 0.15) is 162 Å². The Labute approximate surface area is 290 Å². The van der Waals surface area contributed by atoms with Crippen molar-refractivity contribution < 1.29 is 32.9 Å². The van der Waals surface area contributed by atoms with Gasteiger partial charge in [-0.2, -0.15) is 0 Å². The zero-order valence-corrected chi connectivity index (χ0v) is 32.2. The third-order valence-electron chi connectivity index (χ3n) is 8.42. The van der Waals surface area contributed by atoms with E-state index in [-0.39, 0.29) is 19.1 Å². The first-order valence-corrected chi connectivity index (χ1v) is 20.7. The van der Waals surface area contributed by atoms with Gasteiger partial charge in [-0.25, -0.2) is 4.57 Å². The van der Waals surface area contributed by atoms with Crippen molar-refractivity contribution in [3.63, 3.8) is 0 Å². The lowest BCUT2D eigenvalue weighted by Crippen LogP contribution is -2.45. The largest absolute Gasteiger partial charge is 0.472 e. The molecule has 8 nitrogen and oxygen atoms in total. The lowest BCUT2D eigenvalue weighted by Gasteiger charge is -2.25. The predicted octanol–water partition coefficient (Wildman–Crippen LogP) is 9.80. The zero-order chi connectivity index (χ0) is 35.1. The number of amides is 1. The molecule has 3 atom stereocenters. The van der Waals surface area contributed by atoms with Crippen molar-refractivity contribution >= 4 is 13.7 Å². The maximum atomic E-state index is 12.7. The summed E-state index contributed by atoms with van der Waals surface area (Å²) < 4.78 is 23.4. The molecular formula is C38H76N2O6P+. The second-order valence-electron chi connectivity index (χ2n) is 14.3. The molecule has 0 aliphatic heterocycles. The summed E-state index contributed by atoms with van der Waals surface area (Å²) in [6, 6.07) is -0.855. The summed E-state index contributed by atoms with van der Waals surface area (Å²) in [5.41, 5.74) is 0. The normalized spacial score (nSPS) is 15.0. The van der Waals surface area contributed by atoms with E-state index in [0.29, 0.717) is 17.4 Å². The number of aliphatic hydroxyl groups is 1. The average molecular weight is 688 g/mol. The van der Waals surface area contributed by atoms with Crippen molar-refractivity contribution in [2.45, 2.75) is 174 Å². The van der Waals surface area contributed by atoms with Crippen LogP contribution in [0.3, 0.4) is 0 Å². The van der Waals surface area contributed by atoms with Gasteiger partial charge in [-0.1, -0.05) is 147 Å². The minimum Gasteiger partial charge on any atom is -0.387 e. The van der Waals surface area contributed by atoms with Crippen molar-refractivity contribution in [3.8, 4) is 0 Å². The Balaban J connectivity index is 4.58. The number of unbranched alkanes of at least 4 members (excludes halogenated alkanes) is 19. The molecule has 0 aromatic rings. The Kier molecular flexibility index (Phi) is 30.3. The van der Waals surface area contributed by atoms with Gasteiger partial charge < -0.3 is 19.8 Å². The van der Waals surface area contributed by atoms with E-state index in [0.717, 1.165) is 38.5 Å². The van der Waals surface area contributed by atoms with Crippen molar-refractivity contribution in [3.05, 3.63) is 24.3 Å². The second kappa shape index (κ2) is 31.0. The predicted molar refractivity (Wildman–Crippen MR) is 198 cm³/mol. The Hall–Kier alpha value is -1.02. The van der Waals surface area contributed by atoms with Crippen LogP contribution in [-0.2, 0) is 18.4 Å². The van der Waals surface area contributed by atoms with Crippen molar-refractivity contribution in [2.75, 3.05) is 40.9 Å². The molecule has 1 amide bonds. The topological polar surface area (TPSA) is 105 Å². The molecule has 9 heteroatoms. The standard InChI is InChI=1S/C38H75N2O6P/c1-6-8-10-12-14-16-18-19-20-21-22-23-25-27-29-31-37(41)36(35-46-47(43,44)45-34-33-40(3,4)5)39-38(42)32-30-28-26-24-17-15-13-11-9-7-2/h22-23,29,31,36-37,41H,6-21,24-28,30,32-35H2,1-5H3,(H-,39,42,43,44)/p+1/b23-22+,31-29+/t36-,37+/m0/s1. The van der Waals surface area contributed by atoms with Crippen LogP contribution in [0.2, 0.25) is 0 Å². The number of aliphatic hydroxyl groups excluding tert-OH is 1. The number of nitrogens with one attached hydrogen (secondary N) is 1. The summed E-state index contributed by atoms with van der Waals surface area (Å²) in [5, 5.41) is 13.7. The van der Waals surface area contributed by atoms with Crippen molar-refractivity contribution in [1.29, 1.82) is 0 Å². The monoisotopic (exact) mass is 688 g/mol. The molecule has 0 radical (unpaired) electrons.